The second-order valence-electron chi connectivity index (χ2n) is 5.94. The van der Waals surface area contributed by atoms with Gasteiger partial charge in [-0.15, -0.1) is 10.2 Å². The van der Waals surface area contributed by atoms with Crippen molar-refractivity contribution in [2.75, 3.05) is 11.1 Å². The van der Waals surface area contributed by atoms with Gasteiger partial charge in [0.25, 0.3) is 5.91 Å². The van der Waals surface area contributed by atoms with Crippen molar-refractivity contribution in [2.45, 2.75) is 30.1 Å². The normalized spacial score (nSPS) is 19.1. The highest BCUT2D eigenvalue weighted by Crippen LogP contribution is 2.27. The zero-order valence-corrected chi connectivity index (χ0v) is 16.3. The first-order chi connectivity index (χ1) is 12.9. The molecule has 1 saturated heterocycles. The quantitative estimate of drug-likeness (QED) is 0.476. The zero-order valence-electron chi connectivity index (χ0n) is 14.7. The first-order valence-electron chi connectivity index (χ1n) is 8.16. The molecule has 11 heteroatoms. The summed E-state index contributed by atoms with van der Waals surface area (Å²) in [6.45, 7) is 3.41. The lowest BCUT2D eigenvalue weighted by Crippen LogP contribution is -2.49. The molecule has 27 heavy (non-hydrogen) atoms. The van der Waals surface area contributed by atoms with Gasteiger partial charge in [-0.3, -0.25) is 15.0 Å². The molecule has 142 valence electrons. The largest absolute Gasteiger partial charge is 0.344 e. The second-order valence-corrected chi connectivity index (χ2v) is 8.14. The van der Waals surface area contributed by atoms with Crippen molar-refractivity contribution in [3.05, 3.63) is 30.3 Å². The number of carbonyl (C=O) groups is 3. The number of aromatic nitrogens is 2. The summed E-state index contributed by atoms with van der Waals surface area (Å²) in [5.41, 5.74) is 2.24. The van der Waals surface area contributed by atoms with E-state index in [1.54, 1.807) is 13.8 Å². The van der Waals surface area contributed by atoms with Gasteiger partial charge in [0, 0.05) is 5.69 Å². The fraction of sp³-hybridized carbons (Fsp3) is 0.312. The van der Waals surface area contributed by atoms with E-state index in [4.69, 9.17) is 0 Å². The highest BCUT2D eigenvalue weighted by atomic mass is 32.2. The smallest absolute Gasteiger partial charge is 0.330 e. The van der Waals surface area contributed by atoms with Crippen molar-refractivity contribution in [1.29, 1.82) is 0 Å². The molecular formula is C16H18N6O3S2. The number of hydrogen-bond donors (Lipinski definition) is 3. The molecule has 1 atom stereocenters. The third-order valence-electron chi connectivity index (χ3n) is 3.96. The van der Waals surface area contributed by atoms with Crippen molar-refractivity contribution in [2.24, 2.45) is 0 Å². The van der Waals surface area contributed by atoms with E-state index in [2.05, 4.69) is 26.3 Å². The van der Waals surface area contributed by atoms with Crippen LogP contribution in [0.15, 0.2) is 34.7 Å². The van der Waals surface area contributed by atoms with Gasteiger partial charge in [-0.05, 0) is 25.5 Å². The van der Waals surface area contributed by atoms with E-state index in [1.165, 1.54) is 23.1 Å². The van der Waals surface area contributed by atoms with E-state index < -0.39 is 23.4 Å². The Bertz CT molecular complexity index is 859. The van der Waals surface area contributed by atoms with Crippen LogP contribution < -0.4 is 16.1 Å². The van der Waals surface area contributed by atoms with Crippen LogP contribution in [0.4, 0.5) is 15.6 Å². The Morgan fingerprint density at radius 2 is 2.04 bits per heavy atom. The zero-order chi connectivity index (χ0) is 19.4. The number of imide groups is 1. The maximum Gasteiger partial charge on any atom is 0.344 e. The lowest BCUT2D eigenvalue weighted by atomic mass is 10.00. The van der Waals surface area contributed by atoms with Crippen LogP contribution in [-0.2, 0) is 9.59 Å². The number of rotatable bonds is 7. The van der Waals surface area contributed by atoms with Crippen molar-refractivity contribution in [1.82, 2.24) is 25.9 Å². The Hall–Kier alpha value is -2.66. The molecule has 0 aliphatic carbocycles. The van der Waals surface area contributed by atoms with Gasteiger partial charge >= 0.3 is 6.03 Å². The van der Waals surface area contributed by atoms with Crippen molar-refractivity contribution >= 4 is 51.8 Å². The number of carbonyl (C=O) groups excluding carboxylic acids is 3. The molecule has 0 bridgehead atoms. The van der Waals surface area contributed by atoms with Crippen LogP contribution in [0.25, 0.3) is 0 Å². The number of hydrazine groups is 1. The molecule has 0 radical (unpaired) electrons. The average molecular weight is 406 g/mol. The fourth-order valence-electron chi connectivity index (χ4n) is 2.27. The van der Waals surface area contributed by atoms with Gasteiger partial charge in [0.15, 0.2) is 4.34 Å². The number of benzene rings is 1. The summed E-state index contributed by atoms with van der Waals surface area (Å²) < 4.78 is 0.596. The van der Waals surface area contributed by atoms with Gasteiger partial charge in [-0.1, -0.05) is 48.2 Å². The molecule has 1 aliphatic heterocycles. The van der Waals surface area contributed by atoms with Crippen molar-refractivity contribution in [3.8, 4) is 0 Å². The summed E-state index contributed by atoms with van der Waals surface area (Å²) in [6, 6.07) is 8.91. The molecule has 3 N–H and O–H groups in total. The number of nitrogens with zero attached hydrogens (tertiary/aromatic N) is 3. The maximum absolute atomic E-state index is 12.2. The van der Waals surface area contributed by atoms with Gasteiger partial charge in [-0.25, -0.2) is 4.79 Å². The molecule has 3 rings (SSSR count). The first kappa shape index (κ1) is 19.1. The van der Waals surface area contributed by atoms with Crippen molar-refractivity contribution < 1.29 is 14.4 Å². The highest BCUT2D eigenvalue weighted by Gasteiger charge is 2.47. The van der Waals surface area contributed by atoms with E-state index in [-0.39, 0.29) is 5.75 Å². The average Bonchev–Trinajstić information content (AvgIpc) is 3.19. The Morgan fingerprint density at radius 1 is 1.30 bits per heavy atom. The lowest BCUT2D eigenvalue weighted by Gasteiger charge is -2.19. The Kier molecular flexibility index (Phi) is 5.61. The molecule has 1 aliphatic rings. The lowest BCUT2D eigenvalue weighted by molar-refractivity contribution is -0.137. The summed E-state index contributed by atoms with van der Waals surface area (Å²) >= 11 is 2.48. The Morgan fingerprint density at radius 3 is 2.70 bits per heavy atom. The fourth-order valence-corrected chi connectivity index (χ4v) is 3.84. The molecule has 1 fully saturated rings. The molecule has 9 nitrogen and oxygen atoms in total. The van der Waals surface area contributed by atoms with Crippen LogP contribution in [0, 0.1) is 0 Å². The van der Waals surface area contributed by atoms with Crippen LogP contribution >= 0.6 is 23.1 Å². The maximum atomic E-state index is 12.2. The number of anilines is 2. The molecule has 2 heterocycles. The minimum atomic E-state index is -0.991. The van der Waals surface area contributed by atoms with E-state index >= 15 is 0 Å². The van der Waals surface area contributed by atoms with Gasteiger partial charge in [0.2, 0.25) is 11.0 Å². The minimum Gasteiger partial charge on any atom is -0.330 e. The Labute approximate surface area is 163 Å². The van der Waals surface area contributed by atoms with Crippen molar-refractivity contribution in [3.63, 3.8) is 0 Å². The summed E-state index contributed by atoms with van der Waals surface area (Å²) in [5, 5.41) is 15.1. The summed E-state index contributed by atoms with van der Waals surface area (Å²) in [7, 11) is 0. The summed E-state index contributed by atoms with van der Waals surface area (Å²) in [6.07, 6.45) is 0.431. The van der Waals surface area contributed by atoms with Crippen LogP contribution in [-0.4, -0.2) is 44.3 Å². The van der Waals surface area contributed by atoms with E-state index in [0.29, 0.717) is 15.9 Å². The van der Waals surface area contributed by atoms with Crippen LogP contribution in [0.1, 0.15) is 20.3 Å². The molecule has 0 spiro atoms. The highest BCUT2D eigenvalue weighted by molar-refractivity contribution is 8.01. The van der Waals surface area contributed by atoms with Crippen LogP contribution in [0.2, 0.25) is 0 Å². The minimum absolute atomic E-state index is 0.000129. The number of amides is 4. The monoisotopic (exact) mass is 406 g/mol. The molecule has 1 aromatic heterocycles. The number of para-hydroxylation sites is 1. The van der Waals surface area contributed by atoms with E-state index in [0.717, 1.165) is 10.7 Å². The standard InChI is InChI=1S/C16H18N6O3S2/c1-3-16(2)12(24)22(14(25)18-16)21-11(23)9-26-15-20-19-13(27-15)17-10-7-5-4-6-8-10/h4-8H,3,9H2,1-2H3,(H,17,19)(H,18,25)(H,21,23). The third kappa shape index (κ3) is 4.37. The molecular weight excluding hydrogens is 388 g/mol. The number of thioether (sulfide) groups is 1. The molecule has 2 aromatic rings. The third-order valence-corrected chi connectivity index (χ3v) is 5.93. The molecule has 1 unspecified atom stereocenters. The topological polar surface area (TPSA) is 116 Å². The predicted molar refractivity (Wildman–Crippen MR) is 103 cm³/mol. The molecule has 4 amide bonds. The second kappa shape index (κ2) is 7.92. The predicted octanol–water partition coefficient (Wildman–Crippen LogP) is 2.13. The van der Waals surface area contributed by atoms with E-state index in [9.17, 15) is 14.4 Å². The number of nitrogens with one attached hydrogen (secondary N) is 3. The number of hydrogen-bond acceptors (Lipinski definition) is 8. The summed E-state index contributed by atoms with van der Waals surface area (Å²) in [4.78, 5) is 36.2. The van der Waals surface area contributed by atoms with Gasteiger partial charge in [0.1, 0.15) is 5.54 Å². The first-order valence-corrected chi connectivity index (χ1v) is 9.96. The van der Waals surface area contributed by atoms with Gasteiger partial charge < -0.3 is 10.6 Å². The Balaban J connectivity index is 1.51. The van der Waals surface area contributed by atoms with E-state index in [1.807, 2.05) is 30.3 Å². The number of urea groups is 1. The molecule has 1 aromatic carbocycles. The summed E-state index contributed by atoms with van der Waals surface area (Å²) in [5.74, 6) is -0.949. The van der Waals surface area contributed by atoms with Crippen LogP contribution in [0.5, 0.6) is 0 Å². The SMILES string of the molecule is CCC1(C)NC(=O)N(NC(=O)CSc2nnc(Nc3ccccc3)s2)C1=O. The van der Waals surface area contributed by atoms with Crippen LogP contribution in [0.3, 0.4) is 0 Å². The van der Waals surface area contributed by atoms with Gasteiger partial charge in [0.05, 0.1) is 5.75 Å². The van der Waals surface area contributed by atoms with Gasteiger partial charge in [-0.2, -0.15) is 5.01 Å². The molecule has 0 saturated carbocycles.